The second kappa shape index (κ2) is 7.62. The Bertz CT molecular complexity index is 1030. The minimum atomic E-state index is -0.591. The second-order valence-electron chi connectivity index (χ2n) is 5.98. The maximum Gasteiger partial charge on any atom is 0.304 e. The van der Waals surface area contributed by atoms with Gasteiger partial charge in [-0.2, -0.15) is 0 Å². The van der Waals surface area contributed by atoms with Crippen LogP contribution in [0.5, 0.6) is 0 Å². The van der Waals surface area contributed by atoms with Crippen LogP contribution in [0.4, 0.5) is 5.69 Å². The smallest absolute Gasteiger partial charge is 0.304 e. The Kier molecular flexibility index (Phi) is 5.43. The van der Waals surface area contributed by atoms with Crippen LogP contribution in [0.3, 0.4) is 0 Å². The molecule has 0 aliphatic heterocycles. The van der Waals surface area contributed by atoms with E-state index in [4.69, 9.17) is 16.3 Å². The van der Waals surface area contributed by atoms with Crippen molar-refractivity contribution < 1.29 is 14.5 Å². The van der Waals surface area contributed by atoms with Crippen molar-refractivity contribution in [1.82, 2.24) is 4.57 Å². The van der Waals surface area contributed by atoms with Gasteiger partial charge in [0.05, 0.1) is 15.8 Å². The Morgan fingerprint density at radius 1 is 1.26 bits per heavy atom. The summed E-state index contributed by atoms with van der Waals surface area (Å²) >= 11 is 7.37. The van der Waals surface area contributed by atoms with Crippen molar-refractivity contribution in [2.45, 2.75) is 36.8 Å². The van der Waals surface area contributed by atoms with Gasteiger partial charge in [-0.3, -0.25) is 14.9 Å². The zero-order chi connectivity index (χ0) is 19.7. The molecule has 0 saturated carbocycles. The molecule has 1 heterocycles. The molecule has 6 nitrogen and oxygen atoms in total. The van der Waals surface area contributed by atoms with E-state index in [9.17, 15) is 14.9 Å². The molecular formula is C19H17ClN2O4S. The molecule has 0 amide bonds. The number of hydrogen-bond acceptors (Lipinski definition) is 5. The number of hydrogen-bond donors (Lipinski definition) is 0. The van der Waals surface area contributed by atoms with Gasteiger partial charge in [-0.1, -0.05) is 29.4 Å². The molecule has 0 spiro atoms. The molecule has 1 atom stereocenters. The number of nitrogens with zero attached hydrogens (tertiary/aromatic N) is 2. The molecule has 140 valence electrons. The fourth-order valence-corrected chi connectivity index (χ4v) is 4.28. The summed E-state index contributed by atoms with van der Waals surface area (Å²) in [5.41, 5.74) is 1.45. The van der Waals surface area contributed by atoms with E-state index >= 15 is 0 Å². The van der Waals surface area contributed by atoms with Crippen LogP contribution in [-0.2, 0) is 9.53 Å². The summed E-state index contributed by atoms with van der Waals surface area (Å²) in [5.74, 6) is -0.416. The summed E-state index contributed by atoms with van der Waals surface area (Å²) in [6.45, 7) is 4.94. The van der Waals surface area contributed by atoms with Crippen molar-refractivity contribution in [2.75, 3.05) is 0 Å². The minimum absolute atomic E-state index is 0.0147. The van der Waals surface area contributed by atoms with Crippen LogP contribution in [-0.4, -0.2) is 15.5 Å². The Hall–Kier alpha value is -2.51. The highest BCUT2D eigenvalue weighted by Gasteiger charge is 2.26. The molecule has 27 heavy (non-hydrogen) atoms. The van der Waals surface area contributed by atoms with Gasteiger partial charge in [-0.25, -0.2) is 0 Å². The average Bonchev–Trinajstić information content (AvgIpc) is 2.88. The summed E-state index contributed by atoms with van der Waals surface area (Å²) in [6.07, 6.45) is -0.591. The van der Waals surface area contributed by atoms with Gasteiger partial charge in [-0.05, 0) is 44.2 Å². The first-order chi connectivity index (χ1) is 12.8. The van der Waals surface area contributed by atoms with Crippen molar-refractivity contribution in [3.05, 3.63) is 63.3 Å². The topological polar surface area (TPSA) is 74.4 Å². The van der Waals surface area contributed by atoms with Crippen molar-refractivity contribution in [3.63, 3.8) is 0 Å². The third-order valence-electron chi connectivity index (χ3n) is 4.13. The average molecular weight is 405 g/mol. The van der Waals surface area contributed by atoms with E-state index < -0.39 is 17.1 Å². The first-order valence-corrected chi connectivity index (χ1v) is 9.37. The van der Waals surface area contributed by atoms with Gasteiger partial charge < -0.3 is 9.30 Å². The van der Waals surface area contributed by atoms with Crippen molar-refractivity contribution in [2.24, 2.45) is 0 Å². The quantitative estimate of drug-likeness (QED) is 0.307. The molecule has 0 aliphatic carbocycles. The first-order valence-electron chi connectivity index (χ1n) is 8.18. The largest absolute Gasteiger partial charge is 0.442 e. The lowest BCUT2D eigenvalue weighted by atomic mass is 10.2. The maximum atomic E-state index is 11.6. The lowest BCUT2D eigenvalue weighted by molar-refractivity contribution is -0.383. The van der Waals surface area contributed by atoms with Crippen LogP contribution < -0.4 is 0 Å². The van der Waals surface area contributed by atoms with E-state index in [2.05, 4.69) is 0 Å². The number of esters is 1. The van der Waals surface area contributed by atoms with E-state index in [-0.39, 0.29) is 5.69 Å². The Labute approximate surface area is 165 Å². The lowest BCUT2D eigenvalue weighted by Crippen LogP contribution is -2.13. The number of halogens is 1. The summed E-state index contributed by atoms with van der Waals surface area (Å²) in [6, 6.07) is 12.2. The van der Waals surface area contributed by atoms with Gasteiger partial charge in [-0.15, -0.1) is 0 Å². The van der Waals surface area contributed by atoms with Crippen molar-refractivity contribution in [3.8, 4) is 0 Å². The number of non-ortho nitro benzene ring substituents is 1. The number of aromatic nitrogens is 1. The molecule has 8 heteroatoms. The van der Waals surface area contributed by atoms with Crippen molar-refractivity contribution in [1.29, 1.82) is 0 Å². The number of nitro groups is 1. The van der Waals surface area contributed by atoms with Crippen LogP contribution in [0.1, 0.15) is 25.8 Å². The lowest BCUT2D eigenvalue weighted by Gasteiger charge is -2.17. The Balaban J connectivity index is 2.24. The van der Waals surface area contributed by atoms with Crippen LogP contribution >= 0.6 is 23.4 Å². The fourth-order valence-electron chi connectivity index (χ4n) is 3.09. The number of ether oxygens (including phenoxy) is 1. The third-order valence-corrected chi connectivity index (χ3v) is 5.59. The van der Waals surface area contributed by atoms with Crippen LogP contribution in [0, 0.1) is 17.0 Å². The molecule has 3 rings (SSSR count). The number of carbonyl (C=O) groups excluding carboxylic acids is 1. The summed E-state index contributed by atoms with van der Waals surface area (Å²) in [5, 5.41) is 12.8. The summed E-state index contributed by atoms with van der Waals surface area (Å²) in [7, 11) is 0. The first kappa shape index (κ1) is 19.3. The van der Waals surface area contributed by atoms with Crippen LogP contribution in [0.15, 0.2) is 52.3 Å². The molecule has 2 aromatic carbocycles. The molecule has 1 unspecified atom stereocenters. The van der Waals surface area contributed by atoms with Gasteiger partial charge in [0.1, 0.15) is 0 Å². The number of fused-ring (bicyclic) bond motifs is 1. The zero-order valence-corrected chi connectivity index (χ0v) is 16.5. The van der Waals surface area contributed by atoms with E-state index in [0.29, 0.717) is 15.9 Å². The van der Waals surface area contributed by atoms with E-state index in [1.807, 2.05) is 23.6 Å². The summed E-state index contributed by atoms with van der Waals surface area (Å²) < 4.78 is 7.14. The van der Waals surface area contributed by atoms with Gasteiger partial charge in [0.25, 0.3) is 5.69 Å². The van der Waals surface area contributed by atoms with Crippen molar-refractivity contribution >= 4 is 45.9 Å². The Morgan fingerprint density at radius 2 is 1.93 bits per heavy atom. The summed E-state index contributed by atoms with van der Waals surface area (Å²) in [4.78, 5) is 24.3. The molecule has 0 radical (unpaired) electrons. The molecule has 0 saturated heterocycles. The SMILES string of the molecule is CC(=O)OC(C)n1c(C)c(Sc2ccc(Cl)cc2)c2c([N+](=O)[O-])cccc21. The van der Waals surface area contributed by atoms with E-state index in [1.54, 1.807) is 31.2 Å². The predicted molar refractivity (Wildman–Crippen MR) is 105 cm³/mol. The molecule has 0 N–H and O–H groups in total. The fraction of sp³-hybridized carbons (Fsp3) is 0.211. The Morgan fingerprint density at radius 3 is 2.52 bits per heavy atom. The van der Waals surface area contributed by atoms with Gasteiger partial charge >= 0.3 is 5.97 Å². The number of benzene rings is 2. The zero-order valence-electron chi connectivity index (χ0n) is 14.9. The molecule has 0 fully saturated rings. The highest BCUT2D eigenvalue weighted by Crippen LogP contribution is 2.43. The normalized spacial score (nSPS) is 12.1. The van der Waals surface area contributed by atoms with Crippen LogP contribution in [0.25, 0.3) is 10.9 Å². The number of nitro benzene ring substituents is 1. The standard InChI is InChI=1S/C19H17ClN2O4S/c1-11-19(27-15-9-7-14(20)8-10-15)18-16(5-4-6-17(18)22(24)25)21(11)12(2)26-13(3)23/h4-10,12H,1-3H3. The molecule has 0 aliphatic rings. The van der Waals surface area contributed by atoms with Crippen LogP contribution in [0.2, 0.25) is 5.02 Å². The number of rotatable bonds is 5. The van der Waals surface area contributed by atoms with E-state index in [0.717, 1.165) is 15.5 Å². The van der Waals surface area contributed by atoms with Gasteiger partial charge in [0.15, 0.2) is 6.23 Å². The maximum absolute atomic E-state index is 11.6. The monoisotopic (exact) mass is 404 g/mol. The highest BCUT2D eigenvalue weighted by atomic mass is 35.5. The minimum Gasteiger partial charge on any atom is -0.442 e. The molecular weight excluding hydrogens is 388 g/mol. The van der Waals surface area contributed by atoms with Gasteiger partial charge in [0, 0.05) is 33.5 Å². The second-order valence-corrected chi connectivity index (χ2v) is 7.50. The molecule has 0 bridgehead atoms. The third kappa shape index (κ3) is 3.79. The highest BCUT2D eigenvalue weighted by molar-refractivity contribution is 7.99. The predicted octanol–water partition coefficient (Wildman–Crippen LogP) is 5.74. The molecule has 3 aromatic rings. The molecule has 1 aromatic heterocycles. The van der Waals surface area contributed by atoms with E-state index in [1.165, 1.54) is 24.8 Å². The number of carbonyl (C=O) groups is 1. The van der Waals surface area contributed by atoms with Gasteiger partial charge in [0.2, 0.25) is 0 Å².